The van der Waals surface area contributed by atoms with Crippen LogP contribution in [-0.4, -0.2) is 28.3 Å². The van der Waals surface area contributed by atoms with Gasteiger partial charge in [0.1, 0.15) is 5.01 Å². The Hall–Kier alpha value is 0.0800. The van der Waals surface area contributed by atoms with Gasteiger partial charge < -0.3 is 5.32 Å². The molecule has 0 amide bonds. The number of rotatable bonds is 5. The minimum Gasteiger partial charge on any atom is -0.312 e. The predicted octanol–water partition coefficient (Wildman–Crippen LogP) is 4.57. The van der Waals surface area contributed by atoms with Crippen LogP contribution < -0.4 is 5.32 Å². The maximum atomic E-state index is 13.1. The van der Waals surface area contributed by atoms with Gasteiger partial charge in [0, 0.05) is 23.3 Å². The van der Waals surface area contributed by atoms with Crippen LogP contribution in [0.15, 0.2) is 0 Å². The number of hydrogen-bond donors (Lipinski definition) is 1. The fraction of sp³-hybridized carbons (Fsp3) is 0.769. The number of nitrogens with zero attached hydrogens (tertiary/aromatic N) is 1. The Morgan fingerprint density at radius 1 is 1.29 bits per heavy atom. The second kappa shape index (κ2) is 7.57. The van der Waals surface area contributed by atoms with Crippen molar-refractivity contribution in [3.8, 4) is 0 Å². The highest BCUT2D eigenvalue weighted by Crippen LogP contribution is 2.46. The molecule has 1 aliphatic heterocycles. The van der Waals surface area contributed by atoms with Crippen LogP contribution in [0.1, 0.15) is 41.1 Å². The second-order valence-electron chi connectivity index (χ2n) is 4.87. The summed E-state index contributed by atoms with van der Waals surface area (Å²) in [6.45, 7) is 5.03. The van der Waals surface area contributed by atoms with Crippen molar-refractivity contribution in [1.82, 2.24) is 10.3 Å². The van der Waals surface area contributed by atoms with Crippen molar-refractivity contribution in [2.24, 2.45) is 0 Å². The van der Waals surface area contributed by atoms with Crippen LogP contribution in [0.2, 0.25) is 0 Å². The van der Waals surface area contributed by atoms with Gasteiger partial charge in [-0.1, -0.05) is 13.8 Å². The molecule has 0 bridgehead atoms. The molecule has 21 heavy (non-hydrogen) atoms. The van der Waals surface area contributed by atoms with E-state index >= 15 is 0 Å². The SMILES string of the molecule is CCCNCc1sc(C2SCCSC2C)nc1C(F)(F)F. The van der Waals surface area contributed by atoms with Crippen molar-refractivity contribution in [2.75, 3.05) is 18.1 Å². The third-order valence-electron chi connectivity index (χ3n) is 3.13. The van der Waals surface area contributed by atoms with E-state index in [0.717, 1.165) is 24.5 Å². The largest absolute Gasteiger partial charge is 0.434 e. The molecule has 2 unspecified atom stereocenters. The first-order chi connectivity index (χ1) is 9.93. The number of hydrogen-bond acceptors (Lipinski definition) is 5. The number of aromatic nitrogens is 1. The molecule has 1 N–H and O–H groups in total. The Morgan fingerprint density at radius 2 is 2.00 bits per heavy atom. The predicted molar refractivity (Wildman–Crippen MR) is 86.2 cm³/mol. The number of halogens is 3. The summed E-state index contributed by atoms with van der Waals surface area (Å²) in [5.74, 6) is 2.04. The summed E-state index contributed by atoms with van der Waals surface area (Å²) in [6.07, 6.45) is -3.47. The summed E-state index contributed by atoms with van der Waals surface area (Å²) in [5, 5.41) is 4.07. The zero-order valence-corrected chi connectivity index (χ0v) is 14.4. The van der Waals surface area contributed by atoms with Crippen LogP contribution in [0.5, 0.6) is 0 Å². The molecule has 1 aliphatic rings. The van der Waals surface area contributed by atoms with Gasteiger partial charge in [0.25, 0.3) is 0 Å². The van der Waals surface area contributed by atoms with Gasteiger partial charge in [-0.25, -0.2) is 4.98 Å². The Bertz CT molecular complexity index is 462. The van der Waals surface area contributed by atoms with E-state index in [1.165, 1.54) is 11.3 Å². The molecule has 2 rings (SSSR count). The minimum absolute atomic E-state index is 0.0785. The van der Waals surface area contributed by atoms with E-state index < -0.39 is 11.9 Å². The van der Waals surface area contributed by atoms with Gasteiger partial charge >= 0.3 is 6.18 Å². The van der Waals surface area contributed by atoms with Gasteiger partial charge in [0.2, 0.25) is 0 Å². The first-order valence-corrected chi connectivity index (χ1v) is 9.85. The van der Waals surface area contributed by atoms with Gasteiger partial charge in [-0.2, -0.15) is 24.9 Å². The van der Waals surface area contributed by atoms with Crippen LogP contribution in [0.4, 0.5) is 13.2 Å². The lowest BCUT2D eigenvalue weighted by Crippen LogP contribution is -2.17. The molecule has 1 aromatic rings. The quantitative estimate of drug-likeness (QED) is 0.781. The number of thioether (sulfide) groups is 2. The molecule has 1 saturated heterocycles. The third kappa shape index (κ3) is 4.53. The van der Waals surface area contributed by atoms with Gasteiger partial charge in [0.05, 0.1) is 10.1 Å². The molecule has 0 saturated carbocycles. The average Bonchev–Trinajstić information content (AvgIpc) is 2.83. The highest BCUT2D eigenvalue weighted by molar-refractivity contribution is 8.06. The molecule has 0 aromatic carbocycles. The summed E-state index contributed by atoms with van der Waals surface area (Å²) in [4.78, 5) is 4.27. The van der Waals surface area contributed by atoms with Gasteiger partial charge in [-0.05, 0) is 13.0 Å². The van der Waals surface area contributed by atoms with Gasteiger partial charge in [0.15, 0.2) is 5.69 Å². The smallest absolute Gasteiger partial charge is 0.312 e. The third-order valence-corrected chi connectivity index (χ3v) is 7.51. The van der Waals surface area contributed by atoms with E-state index in [2.05, 4.69) is 17.2 Å². The van der Waals surface area contributed by atoms with Crippen molar-refractivity contribution in [3.63, 3.8) is 0 Å². The Morgan fingerprint density at radius 3 is 2.62 bits per heavy atom. The standard InChI is InChI=1S/C13H19F3N2S3/c1-3-4-17-7-9-11(13(14,15)16)18-12(21-9)10-8(2)19-5-6-20-10/h8,10,17H,3-7H2,1-2H3. The molecular weight excluding hydrogens is 337 g/mol. The summed E-state index contributed by atoms with van der Waals surface area (Å²) < 4.78 is 39.4. The molecule has 2 heterocycles. The molecule has 120 valence electrons. The van der Waals surface area contributed by atoms with Crippen LogP contribution in [0.3, 0.4) is 0 Å². The zero-order valence-electron chi connectivity index (χ0n) is 12.0. The molecule has 1 aromatic heterocycles. The van der Waals surface area contributed by atoms with Crippen LogP contribution in [-0.2, 0) is 12.7 Å². The Kier molecular flexibility index (Phi) is 6.28. The van der Waals surface area contributed by atoms with Crippen molar-refractivity contribution >= 4 is 34.9 Å². The summed E-state index contributed by atoms with van der Waals surface area (Å²) >= 11 is 4.76. The highest BCUT2D eigenvalue weighted by Gasteiger charge is 2.39. The number of nitrogens with one attached hydrogen (secondary N) is 1. The summed E-state index contributed by atoms with van der Waals surface area (Å²) in [5.41, 5.74) is -0.700. The van der Waals surface area contributed by atoms with E-state index in [9.17, 15) is 13.2 Å². The highest BCUT2D eigenvalue weighted by atomic mass is 32.2. The van der Waals surface area contributed by atoms with Crippen molar-refractivity contribution < 1.29 is 13.2 Å². The van der Waals surface area contributed by atoms with Crippen molar-refractivity contribution in [1.29, 1.82) is 0 Å². The van der Waals surface area contributed by atoms with E-state index in [0.29, 0.717) is 15.1 Å². The van der Waals surface area contributed by atoms with Crippen LogP contribution in [0, 0.1) is 0 Å². The van der Waals surface area contributed by atoms with E-state index in [1.54, 1.807) is 11.8 Å². The fourth-order valence-electron chi connectivity index (χ4n) is 2.12. The molecule has 0 radical (unpaired) electrons. The Balaban J connectivity index is 2.22. The normalized spacial score (nSPS) is 23.5. The first-order valence-electron chi connectivity index (χ1n) is 6.94. The average molecular weight is 357 g/mol. The zero-order chi connectivity index (χ0) is 15.5. The molecular formula is C13H19F3N2S3. The monoisotopic (exact) mass is 356 g/mol. The number of thiazole rings is 1. The van der Waals surface area contributed by atoms with Crippen LogP contribution >= 0.6 is 34.9 Å². The maximum Gasteiger partial charge on any atom is 0.434 e. The maximum absolute atomic E-state index is 13.1. The molecule has 2 nitrogen and oxygen atoms in total. The fourth-order valence-corrected chi connectivity index (χ4v) is 6.33. The van der Waals surface area contributed by atoms with Crippen molar-refractivity contribution in [2.45, 2.75) is 43.5 Å². The molecule has 0 aliphatic carbocycles. The van der Waals surface area contributed by atoms with E-state index in [1.807, 2.05) is 18.7 Å². The van der Waals surface area contributed by atoms with Crippen molar-refractivity contribution in [3.05, 3.63) is 15.6 Å². The van der Waals surface area contributed by atoms with E-state index in [-0.39, 0.29) is 11.8 Å². The first kappa shape index (κ1) is 17.4. The topological polar surface area (TPSA) is 24.9 Å². The molecule has 0 spiro atoms. The Labute approximate surface area is 135 Å². The molecule has 2 atom stereocenters. The van der Waals surface area contributed by atoms with Gasteiger partial charge in [-0.15, -0.1) is 23.1 Å². The lowest BCUT2D eigenvalue weighted by molar-refractivity contribution is -0.141. The summed E-state index contributed by atoms with van der Waals surface area (Å²) in [7, 11) is 0. The summed E-state index contributed by atoms with van der Waals surface area (Å²) in [6, 6.07) is 0. The number of alkyl halides is 3. The van der Waals surface area contributed by atoms with Gasteiger partial charge in [-0.3, -0.25) is 0 Å². The lowest BCUT2D eigenvalue weighted by Gasteiger charge is -2.25. The molecule has 1 fully saturated rings. The van der Waals surface area contributed by atoms with Crippen LogP contribution in [0.25, 0.3) is 0 Å². The lowest BCUT2D eigenvalue weighted by atomic mass is 10.3. The molecule has 8 heteroatoms. The minimum atomic E-state index is -4.37. The van der Waals surface area contributed by atoms with E-state index in [4.69, 9.17) is 0 Å². The second-order valence-corrected chi connectivity index (χ2v) is 8.72.